The molecule has 136 valence electrons. The van der Waals surface area contributed by atoms with Crippen LogP contribution in [-0.2, 0) is 0 Å². The summed E-state index contributed by atoms with van der Waals surface area (Å²) < 4.78 is 5.68. The molecule has 0 saturated heterocycles. The molecule has 0 aromatic heterocycles. The zero-order valence-electron chi connectivity index (χ0n) is 15.3. The van der Waals surface area contributed by atoms with Crippen LogP contribution in [0.1, 0.15) is 87.9 Å². The third-order valence-corrected chi connectivity index (χ3v) is 4.34. The van der Waals surface area contributed by atoms with Crippen molar-refractivity contribution in [3.63, 3.8) is 0 Å². The molecule has 1 N–H and O–H groups in total. The molecule has 0 aliphatic rings. The monoisotopic (exact) mass is 334 g/mol. The van der Waals surface area contributed by atoms with Crippen molar-refractivity contribution in [1.82, 2.24) is 0 Å². The maximum absolute atomic E-state index is 11.3. The quantitative estimate of drug-likeness (QED) is 0.338. The number of ketones is 1. The van der Waals surface area contributed by atoms with Crippen LogP contribution < -0.4 is 4.74 Å². The van der Waals surface area contributed by atoms with E-state index in [0.717, 1.165) is 18.8 Å². The first-order valence-electron chi connectivity index (χ1n) is 9.65. The van der Waals surface area contributed by atoms with Gasteiger partial charge in [-0.1, -0.05) is 71.1 Å². The highest BCUT2D eigenvalue weighted by Gasteiger charge is 2.03. The molecule has 3 heteroatoms. The maximum Gasteiger partial charge on any atom is 0.188 e. The van der Waals surface area contributed by atoms with E-state index in [1.807, 2.05) is 0 Å². The van der Waals surface area contributed by atoms with Crippen molar-refractivity contribution >= 4 is 5.78 Å². The number of carbonyl (C=O) groups is 1. The molecule has 0 bridgehead atoms. The molecule has 0 aliphatic heterocycles. The first kappa shape index (κ1) is 20.7. The molecule has 24 heavy (non-hydrogen) atoms. The van der Waals surface area contributed by atoms with Crippen molar-refractivity contribution in [3.05, 3.63) is 29.8 Å². The highest BCUT2D eigenvalue weighted by molar-refractivity contribution is 5.96. The number of aliphatic hydroxyl groups excluding tert-OH is 1. The fourth-order valence-corrected chi connectivity index (χ4v) is 2.78. The molecule has 0 saturated carbocycles. The number of hydrogen-bond donors (Lipinski definition) is 1. The second-order valence-corrected chi connectivity index (χ2v) is 6.49. The zero-order chi connectivity index (χ0) is 17.5. The lowest BCUT2D eigenvalue weighted by molar-refractivity contribution is 0.0903. The standard InChI is InChI=1S/C21H34O3/c1-2-3-4-5-6-7-8-9-10-11-12-17-24-20-15-13-19(14-16-20)21(23)18-22/h13-16,22H,2-12,17-18H2,1H3. The first-order chi connectivity index (χ1) is 11.8. The molecule has 1 aromatic rings. The van der Waals surface area contributed by atoms with Crippen LogP contribution in [0.5, 0.6) is 5.75 Å². The van der Waals surface area contributed by atoms with Gasteiger partial charge in [-0.15, -0.1) is 0 Å². The van der Waals surface area contributed by atoms with E-state index in [4.69, 9.17) is 9.84 Å². The molecule has 0 atom stereocenters. The Morgan fingerprint density at radius 3 is 1.83 bits per heavy atom. The summed E-state index contributed by atoms with van der Waals surface area (Å²) in [5.41, 5.74) is 0.527. The Balaban J connectivity index is 1.94. The topological polar surface area (TPSA) is 46.5 Å². The molecule has 3 nitrogen and oxygen atoms in total. The lowest BCUT2D eigenvalue weighted by atomic mass is 10.1. The van der Waals surface area contributed by atoms with Gasteiger partial charge in [-0.05, 0) is 30.7 Å². The van der Waals surface area contributed by atoms with E-state index in [1.165, 1.54) is 64.2 Å². The van der Waals surface area contributed by atoms with Crippen molar-refractivity contribution in [3.8, 4) is 5.75 Å². The summed E-state index contributed by atoms with van der Waals surface area (Å²) >= 11 is 0. The number of aliphatic hydroxyl groups is 1. The van der Waals surface area contributed by atoms with Crippen molar-refractivity contribution in [2.75, 3.05) is 13.2 Å². The zero-order valence-corrected chi connectivity index (χ0v) is 15.3. The van der Waals surface area contributed by atoms with Gasteiger partial charge in [-0.2, -0.15) is 0 Å². The molecular formula is C21H34O3. The number of benzene rings is 1. The van der Waals surface area contributed by atoms with Crippen LogP contribution in [0.15, 0.2) is 24.3 Å². The highest BCUT2D eigenvalue weighted by atomic mass is 16.5. The van der Waals surface area contributed by atoms with Gasteiger partial charge in [0.2, 0.25) is 0 Å². The highest BCUT2D eigenvalue weighted by Crippen LogP contribution is 2.14. The van der Waals surface area contributed by atoms with E-state index >= 15 is 0 Å². The van der Waals surface area contributed by atoms with Crippen molar-refractivity contribution in [2.45, 2.75) is 77.6 Å². The molecule has 0 heterocycles. The smallest absolute Gasteiger partial charge is 0.188 e. The van der Waals surface area contributed by atoms with Crippen LogP contribution in [0.3, 0.4) is 0 Å². The van der Waals surface area contributed by atoms with Crippen LogP contribution in [0.4, 0.5) is 0 Å². The van der Waals surface area contributed by atoms with E-state index in [1.54, 1.807) is 24.3 Å². The van der Waals surface area contributed by atoms with Crippen LogP contribution >= 0.6 is 0 Å². The number of carbonyl (C=O) groups excluding carboxylic acids is 1. The number of Topliss-reactive ketones (excluding diaryl/α,β-unsaturated/α-hetero) is 1. The molecule has 0 aliphatic carbocycles. The average Bonchev–Trinajstić information content (AvgIpc) is 2.62. The summed E-state index contributed by atoms with van der Waals surface area (Å²) in [5, 5.41) is 8.80. The fraction of sp³-hybridized carbons (Fsp3) is 0.667. The summed E-state index contributed by atoms with van der Waals surface area (Å²) in [7, 11) is 0. The number of hydrogen-bond acceptors (Lipinski definition) is 3. The van der Waals surface area contributed by atoms with Gasteiger partial charge >= 0.3 is 0 Å². The number of ether oxygens (including phenoxy) is 1. The van der Waals surface area contributed by atoms with Gasteiger partial charge in [0.25, 0.3) is 0 Å². The van der Waals surface area contributed by atoms with E-state index in [9.17, 15) is 4.79 Å². The van der Waals surface area contributed by atoms with E-state index in [-0.39, 0.29) is 5.78 Å². The van der Waals surface area contributed by atoms with Gasteiger partial charge in [0.15, 0.2) is 5.78 Å². The van der Waals surface area contributed by atoms with Crippen molar-refractivity contribution in [1.29, 1.82) is 0 Å². The molecule has 0 spiro atoms. The Hall–Kier alpha value is -1.35. The summed E-state index contributed by atoms with van der Waals surface area (Å²) in [5.74, 6) is 0.531. The Bertz CT molecular complexity index is 425. The van der Waals surface area contributed by atoms with Crippen LogP contribution in [-0.4, -0.2) is 24.1 Å². The Labute approximate surface area is 147 Å². The molecule has 0 radical (unpaired) electrons. The minimum atomic E-state index is -0.445. The number of unbranched alkanes of at least 4 members (excludes halogenated alkanes) is 10. The number of rotatable bonds is 15. The summed E-state index contributed by atoms with van der Waals surface area (Å²) in [6.45, 7) is 2.54. The van der Waals surface area contributed by atoms with Crippen molar-refractivity contribution < 1.29 is 14.6 Å². The summed E-state index contributed by atoms with van der Waals surface area (Å²) in [6, 6.07) is 6.99. The second kappa shape index (κ2) is 14.0. The minimum Gasteiger partial charge on any atom is -0.494 e. The van der Waals surface area contributed by atoms with Gasteiger partial charge in [0.05, 0.1) is 6.61 Å². The molecule has 0 unspecified atom stereocenters. The predicted octanol–water partition coefficient (Wildman–Crippen LogP) is 5.55. The normalized spacial score (nSPS) is 10.8. The second-order valence-electron chi connectivity index (χ2n) is 6.49. The lowest BCUT2D eigenvalue weighted by Crippen LogP contribution is -2.04. The molecule has 0 amide bonds. The largest absolute Gasteiger partial charge is 0.494 e. The fourth-order valence-electron chi connectivity index (χ4n) is 2.78. The summed E-state index contributed by atoms with van der Waals surface area (Å²) in [6.07, 6.45) is 14.6. The Morgan fingerprint density at radius 1 is 0.833 bits per heavy atom. The lowest BCUT2D eigenvalue weighted by Gasteiger charge is -2.07. The van der Waals surface area contributed by atoms with Gasteiger partial charge in [0.1, 0.15) is 12.4 Å². The van der Waals surface area contributed by atoms with Gasteiger partial charge in [0, 0.05) is 5.56 Å². The van der Waals surface area contributed by atoms with E-state index in [0.29, 0.717) is 5.56 Å². The third kappa shape index (κ3) is 9.71. The Kier molecular flexibility index (Phi) is 12.1. The molecule has 1 aromatic carbocycles. The predicted molar refractivity (Wildman–Crippen MR) is 99.8 cm³/mol. The van der Waals surface area contributed by atoms with Gasteiger partial charge in [-0.3, -0.25) is 4.79 Å². The molecule has 0 fully saturated rings. The molecule has 1 rings (SSSR count). The van der Waals surface area contributed by atoms with Crippen LogP contribution in [0.25, 0.3) is 0 Å². The average molecular weight is 335 g/mol. The van der Waals surface area contributed by atoms with Crippen molar-refractivity contribution in [2.24, 2.45) is 0 Å². The first-order valence-corrected chi connectivity index (χ1v) is 9.65. The Morgan fingerprint density at radius 2 is 1.33 bits per heavy atom. The SMILES string of the molecule is CCCCCCCCCCCCCOc1ccc(C(=O)CO)cc1. The molecular weight excluding hydrogens is 300 g/mol. The van der Waals surface area contributed by atoms with Gasteiger partial charge < -0.3 is 9.84 Å². The van der Waals surface area contributed by atoms with Crippen LogP contribution in [0.2, 0.25) is 0 Å². The minimum absolute atomic E-state index is 0.257. The van der Waals surface area contributed by atoms with E-state index < -0.39 is 6.61 Å². The van der Waals surface area contributed by atoms with Crippen LogP contribution in [0, 0.1) is 0 Å². The summed E-state index contributed by atoms with van der Waals surface area (Å²) in [4.78, 5) is 11.3. The van der Waals surface area contributed by atoms with Gasteiger partial charge in [-0.25, -0.2) is 0 Å². The maximum atomic E-state index is 11.3. The van der Waals surface area contributed by atoms with E-state index in [2.05, 4.69) is 6.92 Å². The third-order valence-electron chi connectivity index (χ3n) is 4.34.